The van der Waals surface area contributed by atoms with Crippen molar-refractivity contribution in [1.29, 1.82) is 0 Å². The standard InChI is InChI=1S/C15H19FN2O2/c1-9-12-7-17-6-11(12)8-18(9)15(19)10-3-4-14(20-2)13(16)5-10/h3-5,9,11-12,17H,6-8H2,1-2H3. The first-order valence-corrected chi connectivity index (χ1v) is 6.97. The summed E-state index contributed by atoms with van der Waals surface area (Å²) in [7, 11) is 1.41. The third-order valence-electron chi connectivity index (χ3n) is 4.59. The lowest BCUT2D eigenvalue weighted by Crippen LogP contribution is -2.38. The van der Waals surface area contributed by atoms with Crippen LogP contribution in [-0.2, 0) is 0 Å². The first kappa shape index (κ1) is 13.4. The van der Waals surface area contributed by atoms with E-state index in [-0.39, 0.29) is 17.7 Å². The predicted molar refractivity (Wildman–Crippen MR) is 73.3 cm³/mol. The normalized spacial score (nSPS) is 28.6. The fourth-order valence-corrected chi connectivity index (χ4v) is 3.40. The smallest absolute Gasteiger partial charge is 0.254 e. The van der Waals surface area contributed by atoms with Crippen molar-refractivity contribution in [2.45, 2.75) is 13.0 Å². The van der Waals surface area contributed by atoms with Gasteiger partial charge in [0, 0.05) is 31.2 Å². The lowest BCUT2D eigenvalue weighted by Gasteiger charge is -2.24. The first-order chi connectivity index (χ1) is 9.61. The number of hydrogen-bond donors (Lipinski definition) is 1. The van der Waals surface area contributed by atoms with Crippen LogP contribution in [0.4, 0.5) is 4.39 Å². The van der Waals surface area contributed by atoms with E-state index in [9.17, 15) is 9.18 Å². The van der Waals surface area contributed by atoms with Gasteiger partial charge in [0.05, 0.1) is 7.11 Å². The van der Waals surface area contributed by atoms with Crippen molar-refractivity contribution < 1.29 is 13.9 Å². The van der Waals surface area contributed by atoms with Gasteiger partial charge >= 0.3 is 0 Å². The summed E-state index contributed by atoms with van der Waals surface area (Å²) < 4.78 is 18.6. The van der Waals surface area contributed by atoms with E-state index in [0.717, 1.165) is 19.6 Å². The molecule has 4 nitrogen and oxygen atoms in total. The van der Waals surface area contributed by atoms with Crippen LogP contribution in [0.3, 0.4) is 0 Å². The summed E-state index contributed by atoms with van der Waals surface area (Å²) in [6.07, 6.45) is 0. The molecule has 2 aliphatic rings. The zero-order valence-corrected chi connectivity index (χ0v) is 11.7. The minimum atomic E-state index is -0.493. The minimum Gasteiger partial charge on any atom is -0.494 e. The highest BCUT2D eigenvalue weighted by Gasteiger charge is 2.43. The number of carbonyl (C=O) groups excluding carboxylic acids is 1. The number of methoxy groups -OCH3 is 1. The lowest BCUT2D eigenvalue weighted by atomic mass is 9.95. The van der Waals surface area contributed by atoms with E-state index < -0.39 is 5.82 Å². The summed E-state index contributed by atoms with van der Waals surface area (Å²) in [5.74, 6) is 0.622. The second-order valence-corrected chi connectivity index (χ2v) is 5.63. The molecule has 2 heterocycles. The van der Waals surface area contributed by atoms with Gasteiger partial charge in [-0.2, -0.15) is 0 Å². The van der Waals surface area contributed by atoms with E-state index in [1.165, 1.54) is 19.2 Å². The first-order valence-electron chi connectivity index (χ1n) is 6.97. The Hall–Kier alpha value is -1.62. The summed E-state index contributed by atoms with van der Waals surface area (Å²) in [6.45, 7) is 4.77. The molecule has 3 atom stereocenters. The van der Waals surface area contributed by atoms with Crippen LogP contribution in [0.2, 0.25) is 0 Å². The quantitative estimate of drug-likeness (QED) is 0.891. The molecule has 2 fully saturated rings. The fraction of sp³-hybridized carbons (Fsp3) is 0.533. The predicted octanol–water partition coefficient (Wildman–Crippen LogP) is 1.51. The molecule has 1 aromatic carbocycles. The van der Waals surface area contributed by atoms with E-state index >= 15 is 0 Å². The number of ether oxygens (including phenoxy) is 1. The lowest BCUT2D eigenvalue weighted by molar-refractivity contribution is 0.0728. The Balaban J connectivity index is 1.81. The Morgan fingerprint density at radius 3 is 2.90 bits per heavy atom. The molecule has 0 radical (unpaired) electrons. The molecule has 1 N–H and O–H groups in total. The van der Waals surface area contributed by atoms with Crippen molar-refractivity contribution in [3.05, 3.63) is 29.6 Å². The number of hydrogen-bond acceptors (Lipinski definition) is 3. The van der Waals surface area contributed by atoms with Crippen LogP contribution >= 0.6 is 0 Å². The van der Waals surface area contributed by atoms with Crippen molar-refractivity contribution in [2.24, 2.45) is 11.8 Å². The highest BCUT2D eigenvalue weighted by atomic mass is 19.1. The molecule has 0 aliphatic carbocycles. The van der Waals surface area contributed by atoms with E-state index in [2.05, 4.69) is 12.2 Å². The maximum absolute atomic E-state index is 13.7. The van der Waals surface area contributed by atoms with Crippen molar-refractivity contribution in [2.75, 3.05) is 26.7 Å². The molecule has 3 rings (SSSR count). The number of amides is 1. The average Bonchev–Trinajstić information content (AvgIpc) is 3.01. The van der Waals surface area contributed by atoms with Crippen molar-refractivity contribution in [3.63, 3.8) is 0 Å². The minimum absolute atomic E-state index is 0.0894. The summed E-state index contributed by atoms with van der Waals surface area (Å²) in [5.41, 5.74) is 0.392. The Morgan fingerprint density at radius 1 is 1.45 bits per heavy atom. The van der Waals surface area contributed by atoms with Crippen LogP contribution in [0.5, 0.6) is 5.75 Å². The maximum Gasteiger partial charge on any atom is 0.254 e. The molecule has 2 saturated heterocycles. The van der Waals surface area contributed by atoms with Gasteiger partial charge in [0.2, 0.25) is 0 Å². The van der Waals surface area contributed by atoms with E-state index in [1.54, 1.807) is 6.07 Å². The molecule has 5 heteroatoms. The van der Waals surface area contributed by atoms with Gasteiger partial charge in [-0.25, -0.2) is 4.39 Å². The topological polar surface area (TPSA) is 41.6 Å². The zero-order valence-electron chi connectivity index (χ0n) is 11.7. The summed E-state index contributed by atoms with van der Waals surface area (Å²) in [6, 6.07) is 4.60. The van der Waals surface area contributed by atoms with Crippen LogP contribution in [0.15, 0.2) is 18.2 Å². The molecule has 20 heavy (non-hydrogen) atoms. The van der Waals surface area contributed by atoms with Crippen LogP contribution in [0, 0.1) is 17.7 Å². The van der Waals surface area contributed by atoms with Gasteiger partial charge in [-0.05, 0) is 37.0 Å². The van der Waals surface area contributed by atoms with Crippen LogP contribution < -0.4 is 10.1 Å². The monoisotopic (exact) mass is 278 g/mol. The highest BCUT2D eigenvalue weighted by molar-refractivity contribution is 5.94. The SMILES string of the molecule is COc1ccc(C(=O)N2CC3CNCC3C2C)cc1F. The number of fused-ring (bicyclic) bond motifs is 1. The number of carbonyl (C=O) groups is 1. The van der Waals surface area contributed by atoms with Gasteiger partial charge in [0.1, 0.15) is 0 Å². The Kier molecular flexibility index (Phi) is 3.38. The summed E-state index contributed by atoms with van der Waals surface area (Å²) in [5, 5.41) is 3.36. The van der Waals surface area contributed by atoms with Crippen molar-refractivity contribution >= 4 is 5.91 Å². The molecular weight excluding hydrogens is 259 g/mol. The van der Waals surface area contributed by atoms with Crippen LogP contribution in [-0.4, -0.2) is 43.6 Å². The zero-order chi connectivity index (χ0) is 14.3. The van der Waals surface area contributed by atoms with Gasteiger partial charge in [-0.15, -0.1) is 0 Å². The number of rotatable bonds is 2. The Morgan fingerprint density at radius 2 is 2.25 bits per heavy atom. The molecule has 108 valence electrons. The van der Waals surface area contributed by atoms with E-state index in [1.807, 2.05) is 4.90 Å². The van der Waals surface area contributed by atoms with Gasteiger partial charge < -0.3 is 15.0 Å². The molecule has 0 aromatic heterocycles. The van der Waals surface area contributed by atoms with E-state index in [4.69, 9.17) is 4.74 Å². The molecular formula is C15H19FN2O2. The number of halogens is 1. The average molecular weight is 278 g/mol. The molecule has 0 bridgehead atoms. The largest absolute Gasteiger partial charge is 0.494 e. The third-order valence-corrected chi connectivity index (χ3v) is 4.59. The fourth-order valence-electron chi connectivity index (χ4n) is 3.40. The number of nitrogens with zero attached hydrogens (tertiary/aromatic N) is 1. The van der Waals surface area contributed by atoms with Crippen molar-refractivity contribution in [3.8, 4) is 5.75 Å². The summed E-state index contributed by atoms with van der Waals surface area (Å²) >= 11 is 0. The molecule has 2 aliphatic heterocycles. The molecule has 1 amide bonds. The number of nitrogens with one attached hydrogen (secondary N) is 1. The maximum atomic E-state index is 13.7. The van der Waals surface area contributed by atoms with Crippen molar-refractivity contribution in [1.82, 2.24) is 10.2 Å². The molecule has 1 aromatic rings. The molecule has 0 spiro atoms. The van der Waals surface area contributed by atoms with Crippen LogP contribution in [0.25, 0.3) is 0 Å². The highest BCUT2D eigenvalue weighted by Crippen LogP contribution is 2.33. The second kappa shape index (κ2) is 5.05. The second-order valence-electron chi connectivity index (χ2n) is 5.63. The molecule has 3 unspecified atom stereocenters. The van der Waals surface area contributed by atoms with Crippen LogP contribution in [0.1, 0.15) is 17.3 Å². The van der Waals surface area contributed by atoms with Gasteiger partial charge in [-0.3, -0.25) is 4.79 Å². The van der Waals surface area contributed by atoms with E-state index in [0.29, 0.717) is 17.4 Å². The van der Waals surface area contributed by atoms with Gasteiger partial charge in [0.15, 0.2) is 11.6 Å². The number of likely N-dealkylation sites (tertiary alicyclic amines) is 1. The Labute approximate surface area is 117 Å². The van der Waals surface area contributed by atoms with Gasteiger partial charge in [-0.1, -0.05) is 0 Å². The Bertz CT molecular complexity index is 535. The summed E-state index contributed by atoms with van der Waals surface area (Å²) in [4.78, 5) is 14.4. The van der Waals surface area contributed by atoms with Gasteiger partial charge in [0.25, 0.3) is 5.91 Å². The number of benzene rings is 1. The molecule has 0 saturated carbocycles. The third kappa shape index (κ3) is 2.06.